The molecule has 1 atom stereocenters. The number of hydrogen-bond donors (Lipinski definition) is 1. The van der Waals surface area contributed by atoms with E-state index in [2.05, 4.69) is 72.1 Å². The predicted octanol–water partition coefficient (Wildman–Crippen LogP) is 3.88. The van der Waals surface area contributed by atoms with E-state index < -0.39 is 0 Å². The number of rotatable bonds is 5. The van der Waals surface area contributed by atoms with Gasteiger partial charge in [0.2, 0.25) is 0 Å². The second-order valence-corrected chi connectivity index (χ2v) is 5.54. The number of nitrogens with zero attached hydrogens (tertiary/aromatic N) is 2. The third-order valence-electron chi connectivity index (χ3n) is 4.00. The van der Waals surface area contributed by atoms with Crippen molar-refractivity contribution in [3.63, 3.8) is 0 Å². The van der Waals surface area contributed by atoms with E-state index in [4.69, 9.17) is 0 Å². The lowest BCUT2D eigenvalue weighted by atomic mass is 10.0. The molecule has 22 heavy (non-hydrogen) atoms. The Hall–Kier alpha value is -2.39. The molecule has 1 N–H and O–H groups in total. The van der Waals surface area contributed by atoms with Crippen LogP contribution in [0.1, 0.15) is 24.1 Å². The lowest BCUT2D eigenvalue weighted by Crippen LogP contribution is -2.11. The fraction of sp³-hybridized carbons (Fsp3) is 0.211. The van der Waals surface area contributed by atoms with Gasteiger partial charge in [0.25, 0.3) is 0 Å². The highest BCUT2D eigenvalue weighted by molar-refractivity contribution is 5.62. The van der Waals surface area contributed by atoms with Crippen molar-refractivity contribution in [3.8, 4) is 11.1 Å². The quantitative estimate of drug-likeness (QED) is 0.773. The van der Waals surface area contributed by atoms with Crippen molar-refractivity contribution in [2.24, 2.45) is 0 Å². The summed E-state index contributed by atoms with van der Waals surface area (Å²) in [6, 6.07) is 19.4. The van der Waals surface area contributed by atoms with Crippen molar-refractivity contribution in [3.05, 3.63) is 78.1 Å². The maximum Gasteiger partial charge on any atom is 0.0659 e. The van der Waals surface area contributed by atoms with Crippen LogP contribution in [0.2, 0.25) is 0 Å². The summed E-state index contributed by atoms with van der Waals surface area (Å²) in [6.45, 7) is 2.96. The minimum absolute atomic E-state index is 0.370. The highest BCUT2D eigenvalue weighted by Crippen LogP contribution is 2.21. The number of aromatic nitrogens is 2. The smallest absolute Gasteiger partial charge is 0.0659 e. The second kappa shape index (κ2) is 6.58. The van der Waals surface area contributed by atoms with Gasteiger partial charge in [-0.25, -0.2) is 0 Å². The van der Waals surface area contributed by atoms with E-state index in [1.807, 2.05) is 24.0 Å². The fourth-order valence-corrected chi connectivity index (χ4v) is 2.50. The van der Waals surface area contributed by atoms with Crippen molar-refractivity contribution in [2.75, 3.05) is 7.05 Å². The molecule has 0 saturated carbocycles. The summed E-state index contributed by atoms with van der Waals surface area (Å²) in [7, 11) is 1.98. The molecule has 0 saturated heterocycles. The third kappa shape index (κ3) is 3.26. The van der Waals surface area contributed by atoms with Gasteiger partial charge in [-0.3, -0.25) is 4.68 Å². The molecule has 2 aromatic carbocycles. The van der Waals surface area contributed by atoms with E-state index in [1.165, 1.54) is 16.7 Å². The van der Waals surface area contributed by atoms with Crippen molar-refractivity contribution < 1.29 is 0 Å². The van der Waals surface area contributed by atoms with Gasteiger partial charge in [0, 0.05) is 17.8 Å². The number of benzene rings is 2. The molecule has 3 nitrogen and oxygen atoms in total. The maximum absolute atomic E-state index is 4.47. The van der Waals surface area contributed by atoms with Crippen molar-refractivity contribution in [1.82, 2.24) is 15.1 Å². The van der Waals surface area contributed by atoms with Gasteiger partial charge in [0.05, 0.1) is 12.7 Å². The lowest BCUT2D eigenvalue weighted by molar-refractivity contribution is 0.652. The minimum atomic E-state index is 0.370. The first kappa shape index (κ1) is 14.5. The average molecular weight is 291 g/mol. The van der Waals surface area contributed by atoms with Crippen LogP contribution < -0.4 is 5.32 Å². The van der Waals surface area contributed by atoms with Crippen molar-refractivity contribution >= 4 is 0 Å². The molecule has 0 fully saturated rings. The summed E-state index contributed by atoms with van der Waals surface area (Å²) in [6.07, 6.45) is 4.03. The molecule has 1 heterocycles. The van der Waals surface area contributed by atoms with Crippen LogP contribution in [0.4, 0.5) is 0 Å². The molecule has 0 aliphatic rings. The van der Waals surface area contributed by atoms with Crippen LogP contribution in [0.15, 0.2) is 67.0 Å². The molecule has 112 valence electrons. The van der Waals surface area contributed by atoms with Crippen LogP contribution in [0.5, 0.6) is 0 Å². The van der Waals surface area contributed by atoms with E-state index >= 15 is 0 Å². The fourth-order valence-electron chi connectivity index (χ4n) is 2.50. The number of hydrogen-bond acceptors (Lipinski definition) is 2. The molecule has 1 aromatic heterocycles. The topological polar surface area (TPSA) is 29.9 Å². The zero-order valence-corrected chi connectivity index (χ0v) is 13.0. The normalized spacial score (nSPS) is 12.3. The third-order valence-corrected chi connectivity index (χ3v) is 4.00. The maximum atomic E-state index is 4.47. The van der Waals surface area contributed by atoms with Gasteiger partial charge in [-0.05, 0) is 30.7 Å². The molecule has 0 radical (unpaired) electrons. The summed E-state index contributed by atoms with van der Waals surface area (Å²) in [5.74, 6) is 0. The van der Waals surface area contributed by atoms with Gasteiger partial charge in [0.1, 0.15) is 0 Å². The van der Waals surface area contributed by atoms with Gasteiger partial charge in [-0.15, -0.1) is 0 Å². The Morgan fingerprint density at radius 1 is 1.00 bits per heavy atom. The molecule has 3 heteroatoms. The molecular weight excluding hydrogens is 270 g/mol. The monoisotopic (exact) mass is 291 g/mol. The zero-order chi connectivity index (χ0) is 15.4. The Morgan fingerprint density at radius 3 is 2.41 bits per heavy atom. The van der Waals surface area contributed by atoms with Gasteiger partial charge in [-0.1, -0.05) is 54.6 Å². The van der Waals surface area contributed by atoms with Crippen LogP contribution >= 0.6 is 0 Å². The molecule has 0 aliphatic heterocycles. The molecule has 0 spiro atoms. The van der Waals surface area contributed by atoms with Crippen LogP contribution in [0.25, 0.3) is 11.1 Å². The molecule has 3 aromatic rings. The predicted molar refractivity (Wildman–Crippen MR) is 90.7 cm³/mol. The molecule has 0 bridgehead atoms. The Bertz CT molecular complexity index is 714. The molecule has 0 amide bonds. The van der Waals surface area contributed by atoms with E-state index in [9.17, 15) is 0 Å². The SMILES string of the molecule is CNC(C)c1ccc(-c2cnn(Cc3ccccc3)c2)cc1. The summed E-state index contributed by atoms with van der Waals surface area (Å²) in [4.78, 5) is 0. The summed E-state index contributed by atoms with van der Waals surface area (Å²) < 4.78 is 1.98. The van der Waals surface area contributed by atoms with Gasteiger partial charge in [0.15, 0.2) is 0 Å². The molecule has 0 aliphatic carbocycles. The minimum Gasteiger partial charge on any atom is -0.313 e. The van der Waals surface area contributed by atoms with Crippen molar-refractivity contribution in [2.45, 2.75) is 19.5 Å². The summed E-state index contributed by atoms with van der Waals surface area (Å²) >= 11 is 0. The Kier molecular flexibility index (Phi) is 4.35. The van der Waals surface area contributed by atoms with E-state index in [-0.39, 0.29) is 0 Å². The molecular formula is C19H21N3. The van der Waals surface area contributed by atoms with Gasteiger partial charge in [-0.2, -0.15) is 5.10 Å². The molecule has 1 unspecified atom stereocenters. The average Bonchev–Trinajstić information content (AvgIpc) is 3.04. The first-order valence-corrected chi connectivity index (χ1v) is 7.60. The molecule has 3 rings (SSSR count). The Labute approximate surface area is 131 Å². The first-order valence-electron chi connectivity index (χ1n) is 7.60. The van der Waals surface area contributed by atoms with E-state index in [0.29, 0.717) is 6.04 Å². The van der Waals surface area contributed by atoms with Crippen LogP contribution in [-0.2, 0) is 6.54 Å². The lowest BCUT2D eigenvalue weighted by Gasteiger charge is -2.10. The summed E-state index contributed by atoms with van der Waals surface area (Å²) in [5, 5.41) is 7.72. The van der Waals surface area contributed by atoms with Crippen LogP contribution in [0.3, 0.4) is 0 Å². The van der Waals surface area contributed by atoms with E-state index in [1.54, 1.807) is 0 Å². The van der Waals surface area contributed by atoms with E-state index in [0.717, 1.165) is 12.1 Å². The Balaban J connectivity index is 1.76. The van der Waals surface area contributed by atoms with Gasteiger partial charge >= 0.3 is 0 Å². The van der Waals surface area contributed by atoms with Crippen LogP contribution in [-0.4, -0.2) is 16.8 Å². The number of nitrogens with one attached hydrogen (secondary N) is 1. The largest absolute Gasteiger partial charge is 0.313 e. The van der Waals surface area contributed by atoms with Crippen LogP contribution in [0, 0.1) is 0 Å². The zero-order valence-electron chi connectivity index (χ0n) is 13.0. The summed E-state index contributed by atoms with van der Waals surface area (Å²) in [5.41, 5.74) is 4.91. The first-order chi connectivity index (χ1) is 10.8. The second-order valence-electron chi connectivity index (χ2n) is 5.54. The highest BCUT2D eigenvalue weighted by atomic mass is 15.3. The standard InChI is InChI=1S/C19H21N3/c1-15(20-2)17-8-10-18(11-9-17)19-12-21-22(14-19)13-16-6-4-3-5-7-16/h3-12,14-15,20H,13H2,1-2H3. The Morgan fingerprint density at radius 2 is 1.73 bits per heavy atom. The highest BCUT2D eigenvalue weighted by Gasteiger charge is 2.05. The van der Waals surface area contributed by atoms with Gasteiger partial charge < -0.3 is 5.32 Å². The van der Waals surface area contributed by atoms with Crippen molar-refractivity contribution in [1.29, 1.82) is 0 Å².